The highest BCUT2D eigenvalue weighted by Crippen LogP contribution is 2.20. The van der Waals surface area contributed by atoms with Gasteiger partial charge >= 0.3 is 0 Å². The molecule has 138 valence electrons. The number of aromatic nitrogens is 1. The molecule has 28 heavy (non-hydrogen) atoms. The Balaban J connectivity index is 1.67. The minimum atomic E-state index is -0.596. The summed E-state index contributed by atoms with van der Waals surface area (Å²) >= 11 is 0. The highest BCUT2D eigenvalue weighted by molar-refractivity contribution is 5.95. The van der Waals surface area contributed by atoms with Crippen LogP contribution in [0.3, 0.4) is 0 Å². The molecule has 2 amide bonds. The maximum atomic E-state index is 12.4. The van der Waals surface area contributed by atoms with Gasteiger partial charge in [0.25, 0.3) is 11.8 Å². The van der Waals surface area contributed by atoms with Gasteiger partial charge in [-0.15, -0.1) is 0 Å². The fourth-order valence-corrected chi connectivity index (χ4v) is 2.58. The molecule has 2 aromatic carbocycles. The van der Waals surface area contributed by atoms with E-state index in [1.54, 1.807) is 66.3 Å². The third-order valence-electron chi connectivity index (χ3n) is 4.12. The summed E-state index contributed by atoms with van der Waals surface area (Å²) in [5.74, 6) is -0.874. The minimum absolute atomic E-state index is 0.278. The largest absolute Gasteiger partial charge is 0.348 e. The maximum Gasteiger partial charge on any atom is 0.274 e. The number of hydroxylamine groups is 1. The van der Waals surface area contributed by atoms with Crippen molar-refractivity contribution in [1.29, 1.82) is 5.26 Å². The average molecular weight is 372 g/mol. The number of benzene rings is 2. The first-order chi connectivity index (χ1) is 13.6. The monoisotopic (exact) mass is 372 g/mol. The number of pyridine rings is 1. The quantitative estimate of drug-likeness (QED) is 0.470. The lowest BCUT2D eigenvalue weighted by Crippen LogP contribution is -2.23. The Hall–Kier alpha value is -4.02. The smallest absolute Gasteiger partial charge is 0.274 e. The number of nitriles is 1. The van der Waals surface area contributed by atoms with E-state index in [1.165, 1.54) is 6.20 Å². The van der Waals surface area contributed by atoms with Crippen LogP contribution in [0.2, 0.25) is 0 Å². The van der Waals surface area contributed by atoms with Crippen molar-refractivity contribution in [2.45, 2.75) is 6.54 Å². The lowest BCUT2D eigenvalue weighted by Gasteiger charge is -2.08. The fraction of sp³-hybridized carbons (Fsp3) is 0.0476. The van der Waals surface area contributed by atoms with Gasteiger partial charge in [-0.25, -0.2) is 5.48 Å². The highest BCUT2D eigenvalue weighted by atomic mass is 16.5. The minimum Gasteiger partial charge on any atom is -0.348 e. The van der Waals surface area contributed by atoms with E-state index in [0.29, 0.717) is 16.7 Å². The molecule has 3 N–H and O–H groups in total. The van der Waals surface area contributed by atoms with Crippen molar-refractivity contribution in [3.63, 3.8) is 0 Å². The highest BCUT2D eigenvalue weighted by Gasteiger charge is 2.09. The molecule has 1 heterocycles. The Bertz CT molecular complexity index is 1040. The SMILES string of the molecule is N#Cc1ccc(-c2cncc(C(=O)NCc3ccc(C(=O)NO)cc3)c2)cc1. The van der Waals surface area contributed by atoms with Crippen LogP contribution in [0.4, 0.5) is 0 Å². The second-order valence-corrected chi connectivity index (χ2v) is 5.97. The normalized spacial score (nSPS) is 10.0. The molecule has 0 radical (unpaired) electrons. The summed E-state index contributed by atoms with van der Waals surface area (Å²) in [4.78, 5) is 27.9. The number of nitrogens with one attached hydrogen (secondary N) is 2. The van der Waals surface area contributed by atoms with Crippen LogP contribution in [-0.2, 0) is 6.54 Å². The molecule has 0 atom stereocenters. The van der Waals surface area contributed by atoms with Crippen molar-refractivity contribution in [1.82, 2.24) is 15.8 Å². The standard InChI is InChI=1S/C21H16N4O3/c22-10-14-1-5-16(6-2-14)18-9-19(13-23-12-18)20(26)24-11-15-3-7-17(8-4-15)21(27)25-28/h1-9,12-13,28H,11H2,(H,24,26)(H,25,27). The molecule has 0 aliphatic rings. The van der Waals surface area contributed by atoms with E-state index in [9.17, 15) is 9.59 Å². The summed E-state index contributed by atoms with van der Waals surface area (Å²) in [6.07, 6.45) is 3.14. The van der Waals surface area contributed by atoms with Crippen molar-refractivity contribution in [2.24, 2.45) is 0 Å². The Morgan fingerprint density at radius 1 is 0.929 bits per heavy atom. The molecule has 3 aromatic rings. The molecule has 3 rings (SSSR count). The van der Waals surface area contributed by atoms with E-state index in [1.807, 2.05) is 0 Å². The topological polar surface area (TPSA) is 115 Å². The fourth-order valence-electron chi connectivity index (χ4n) is 2.58. The Kier molecular flexibility index (Phi) is 5.75. The van der Waals surface area contributed by atoms with Gasteiger partial charge in [0.1, 0.15) is 0 Å². The molecule has 0 bridgehead atoms. The van der Waals surface area contributed by atoms with Crippen molar-refractivity contribution >= 4 is 11.8 Å². The van der Waals surface area contributed by atoms with Gasteiger partial charge in [-0.1, -0.05) is 24.3 Å². The van der Waals surface area contributed by atoms with E-state index in [4.69, 9.17) is 10.5 Å². The lowest BCUT2D eigenvalue weighted by molar-refractivity contribution is 0.0706. The molecule has 0 aliphatic carbocycles. The van der Waals surface area contributed by atoms with Crippen LogP contribution in [0.1, 0.15) is 31.8 Å². The predicted molar refractivity (Wildman–Crippen MR) is 101 cm³/mol. The van der Waals surface area contributed by atoms with Gasteiger partial charge in [0.15, 0.2) is 0 Å². The summed E-state index contributed by atoms with van der Waals surface area (Å²) < 4.78 is 0. The average Bonchev–Trinajstić information content (AvgIpc) is 2.77. The van der Waals surface area contributed by atoms with E-state index < -0.39 is 5.91 Å². The molecular formula is C21H16N4O3. The molecule has 0 saturated heterocycles. The molecule has 0 fully saturated rings. The Labute approximate surface area is 161 Å². The van der Waals surface area contributed by atoms with Crippen LogP contribution in [0.15, 0.2) is 67.0 Å². The van der Waals surface area contributed by atoms with Crippen LogP contribution in [0, 0.1) is 11.3 Å². The summed E-state index contributed by atoms with van der Waals surface area (Å²) in [7, 11) is 0. The Morgan fingerprint density at radius 2 is 1.64 bits per heavy atom. The first kappa shape index (κ1) is 18.8. The van der Waals surface area contributed by atoms with Crippen LogP contribution >= 0.6 is 0 Å². The maximum absolute atomic E-state index is 12.4. The zero-order valence-electron chi connectivity index (χ0n) is 14.7. The summed E-state index contributed by atoms with van der Waals surface area (Å²) in [6.45, 7) is 0.279. The molecule has 0 saturated carbocycles. The third-order valence-corrected chi connectivity index (χ3v) is 4.12. The molecule has 7 heteroatoms. The molecule has 0 aliphatic heterocycles. The van der Waals surface area contributed by atoms with Gasteiger partial charge in [-0.05, 0) is 41.5 Å². The number of carbonyl (C=O) groups is 2. The number of rotatable bonds is 5. The number of hydrogen-bond donors (Lipinski definition) is 3. The van der Waals surface area contributed by atoms with Gasteiger partial charge < -0.3 is 5.32 Å². The summed E-state index contributed by atoms with van der Waals surface area (Å²) in [5.41, 5.74) is 5.30. The molecule has 7 nitrogen and oxygen atoms in total. The van der Waals surface area contributed by atoms with Crippen molar-refractivity contribution in [2.75, 3.05) is 0 Å². The zero-order chi connectivity index (χ0) is 19.9. The molecule has 1 aromatic heterocycles. The van der Waals surface area contributed by atoms with Crippen LogP contribution in [0.25, 0.3) is 11.1 Å². The molecule has 0 spiro atoms. The second-order valence-electron chi connectivity index (χ2n) is 5.97. The van der Waals surface area contributed by atoms with Crippen LogP contribution in [-0.4, -0.2) is 22.0 Å². The van der Waals surface area contributed by atoms with Crippen molar-refractivity contribution < 1.29 is 14.8 Å². The van der Waals surface area contributed by atoms with Gasteiger partial charge in [0.05, 0.1) is 17.2 Å². The summed E-state index contributed by atoms with van der Waals surface area (Å²) in [5, 5.41) is 20.3. The van der Waals surface area contributed by atoms with Crippen LogP contribution < -0.4 is 10.8 Å². The summed E-state index contributed by atoms with van der Waals surface area (Å²) in [6, 6.07) is 17.3. The van der Waals surface area contributed by atoms with E-state index in [-0.39, 0.29) is 12.5 Å². The molecular weight excluding hydrogens is 356 g/mol. The van der Waals surface area contributed by atoms with Crippen LogP contribution in [0.5, 0.6) is 0 Å². The Morgan fingerprint density at radius 3 is 2.29 bits per heavy atom. The van der Waals surface area contributed by atoms with E-state index in [0.717, 1.165) is 16.7 Å². The van der Waals surface area contributed by atoms with Gasteiger partial charge in [0, 0.05) is 30.1 Å². The lowest BCUT2D eigenvalue weighted by atomic mass is 10.0. The number of nitrogens with zero attached hydrogens (tertiary/aromatic N) is 2. The van der Waals surface area contributed by atoms with E-state index in [2.05, 4.69) is 16.4 Å². The zero-order valence-corrected chi connectivity index (χ0v) is 14.7. The van der Waals surface area contributed by atoms with E-state index >= 15 is 0 Å². The third kappa shape index (κ3) is 4.38. The second kappa shape index (κ2) is 8.58. The van der Waals surface area contributed by atoms with Gasteiger partial charge in [-0.3, -0.25) is 19.8 Å². The van der Waals surface area contributed by atoms with Crippen molar-refractivity contribution in [3.8, 4) is 17.2 Å². The molecule has 0 unspecified atom stereocenters. The number of hydrogen-bond acceptors (Lipinski definition) is 5. The number of amides is 2. The van der Waals surface area contributed by atoms with Crippen molar-refractivity contribution in [3.05, 3.63) is 89.2 Å². The van der Waals surface area contributed by atoms with Gasteiger partial charge in [-0.2, -0.15) is 5.26 Å². The first-order valence-electron chi connectivity index (χ1n) is 8.38. The first-order valence-corrected chi connectivity index (χ1v) is 8.38. The number of carbonyl (C=O) groups excluding carboxylic acids is 2. The predicted octanol–water partition coefficient (Wildman–Crippen LogP) is 2.67. The van der Waals surface area contributed by atoms with Gasteiger partial charge in [0.2, 0.25) is 0 Å².